The van der Waals surface area contributed by atoms with Crippen molar-refractivity contribution in [3.05, 3.63) is 0 Å². The van der Waals surface area contributed by atoms with Crippen molar-refractivity contribution < 1.29 is 4.74 Å². The summed E-state index contributed by atoms with van der Waals surface area (Å²) in [5, 5.41) is 3.48. The van der Waals surface area contributed by atoms with E-state index in [1.54, 1.807) is 0 Å². The Bertz CT molecular complexity index is 96.1. The summed E-state index contributed by atoms with van der Waals surface area (Å²) in [5.74, 6) is 0. The molecule has 0 aromatic rings. The Kier molecular flexibility index (Phi) is 9.94. The Morgan fingerprint density at radius 2 is 2.00 bits per heavy atom. The average Bonchev–Trinajstić information content (AvgIpc) is 2.14. The lowest BCUT2D eigenvalue weighted by molar-refractivity contribution is 0.142. The molecule has 0 heterocycles. The molecule has 0 aromatic carbocycles. The minimum Gasteiger partial charge on any atom is -0.382 e. The van der Waals surface area contributed by atoms with Crippen LogP contribution in [0.15, 0.2) is 0 Å². The average molecular weight is 187 g/mol. The Balaban J connectivity index is 3.03. The van der Waals surface area contributed by atoms with Gasteiger partial charge in [0.1, 0.15) is 0 Å². The first kappa shape index (κ1) is 12.9. The van der Waals surface area contributed by atoms with Crippen LogP contribution >= 0.6 is 0 Å². The van der Waals surface area contributed by atoms with E-state index in [9.17, 15) is 0 Å². The second-order valence-corrected chi connectivity index (χ2v) is 3.55. The minimum atomic E-state index is 0.668. The maximum Gasteiger partial charge on any atom is 0.0465 e. The van der Waals surface area contributed by atoms with E-state index in [4.69, 9.17) is 4.74 Å². The molecule has 1 N–H and O–H groups in total. The highest BCUT2D eigenvalue weighted by Crippen LogP contribution is 2.00. The molecule has 0 rings (SSSR count). The van der Waals surface area contributed by atoms with Gasteiger partial charge in [-0.25, -0.2) is 0 Å². The predicted octanol–water partition coefficient (Wildman–Crippen LogP) is 2.58. The van der Waals surface area contributed by atoms with Crippen molar-refractivity contribution in [2.75, 3.05) is 19.8 Å². The molecule has 2 heteroatoms. The third-order valence-electron chi connectivity index (χ3n) is 2.12. The quantitative estimate of drug-likeness (QED) is 0.560. The highest BCUT2D eigenvalue weighted by Gasteiger charge is 1.98. The topological polar surface area (TPSA) is 21.3 Å². The smallest absolute Gasteiger partial charge is 0.0465 e. The molecule has 0 aliphatic heterocycles. The predicted molar refractivity (Wildman–Crippen MR) is 58.1 cm³/mol. The third-order valence-corrected chi connectivity index (χ3v) is 2.12. The van der Waals surface area contributed by atoms with E-state index in [1.807, 2.05) is 6.92 Å². The van der Waals surface area contributed by atoms with E-state index in [1.165, 1.54) is 25.7 Å². The standard InChI is InChI=1S/C11H25NO/c1-4-9-12-11(3)8-6-7-10-13-5-2/h11-12H,4-10H2,1-3H3. The third kappa shape index (κ3) is 9.84. The molecule has 2 nitrogen and oxygen atoms in total. The van der Waals surface area contributed by atoms with Crippen molar-refractivity contribution in [3.8, 4) is 0 Å². The number of hydrogen-bond donors (Lipinski definition) is 1. The second kappa shape index (κ2) is 10.0. The highest BCUT2D eigenvalue weighted by molar-refractivity contribution is 4.59. The number of hydrogen-bond acceptors (Lipinski definition) is 2. The van der Waals surface area contributed by atoms with Gasteiger partial charge < -0.3 is 10.1 Å². The molecule has 0 saturated carbocycles. The Labute approximate surface area is 83.1 Å². The van der Waals surface area contributed by atoms with Gasteiger partial charge in [0.05, 0.1) is 0 Å². The summed E-state index contributed by atoms with van der Waals surface area (Å²) in [6.45, 7) is 9.43. The molecular weight excluding hydrogens is 162 g/mol. The van der Waals surface area contributed by atoms with Crippen molar-refractivity contribution in [2.24, 2.45) is 0 Å². The Morgan fingerprint density at radius 3 is 2.62 bits per heavy atom. The van der Waals surface area contributed by atoms with E-state index >= 15 is 0 Å². The molecule has 80 valence electrons. The Hall–Kier alpha value is -0.0800. The molecule has 0 aliphatic carbocycles. The van der Waals surface area contributed by atoms with E-state index in [-0.39, 0.29) is 0 Å². The summed E-state index contributed by atoms with van der Waals surface area (Å²) >= 11 is 0. The molecule has 0 fully saturated rings. The van der Waals surface area contributed by atoms with E-state index < -0.39 is 0 Å². The van der Waals surface area contributed by atoms with Crippen LogP contribution in [-0.2, 0) is 4.74 Å². The van der Waals surface area contributed by atoms with Gasteiger partial charge in [0.25, 0.3) is 0 Å². The van der Waals surface area contributed by atoms with Crippen LogP contribution in [0.1, 0.15) is 46.5 Å². The zero-order chi connectivity index (χ0) is 9.94. The lowest BCUT2D eigenvalue weighted by Gasteiger charge is -2.12. The molecule has 1 atom stereocenters. The largest absolute Gasteiger partial charge is 0.382 e. The van der Waals surface area contributed by atoms with E-state index in [0.29, 0.717) is 6.04 Å². The van der Waals surface area contributed by atoms with Gasteiger partial charge in [-0.15, -0.1) is 0 Å². The zero-order valence-electron chi connectivity index (χ0n) is 9.44. The van der Waals surface area contributed by atoms with Crippen molar-refractivity contribution in [2.45, 2.75) is 52.5 Å². The highest BCUT2D eigenvalue weighted by atomic mass is 16.5. The molecule has 0 aromatic heterocycles. The fourth-order valence-corrected chi connectivity index (χ4v) is 1.29. The first-order chi connectivity index (χ1) is 6.31. The summed E-state index contributed by atoms with van der Waals surface area (Å²) in [5.41, 5.74) is 0. The summed E-state index contributed by atoms with van der Waals surface area (Å²) in [6.07, 6.45) is 4.97. The summed E-state index contributed by atoms with van der Waals surface area (Å²) < 4.78 is 5.28. The maximum absolute atomic E-state index is 5.28. The lowest BCUT2D eigenvalue weighted by atomic mass is 10.1. The molecular formula is C11H25NO. The first-order valence-electron chi connectivity index (χ1n) is 5.62. The molecule has 0 spiro atoms. The molecule has 1 unspecified atom stereocenters. The fraction of sp³-hybridized carbons (Fsp3) is 1.00. The van der Waals surface area contributed by atoms with E-state index in [0.717, 1.165) is 19.8 Å². The van der Waals surface area contributed by atoms with Crippen LogP contribution < -0.4 is 5.32 Å². The maximum atomic E-state index is 5.28. The number of rotatable bonds is 9. The van der Waals surface area contributed by atoms with Gasteiger partial charge in [-0.3, -0.25) is 0 Å². The van der Waals surface area contributed by atoms with Crippen LogP contribution in [0.5, 0.6) is 0 Å². The van der Waals surface area contributed by atoms with Gasteiger partial charge in [0.15, 0.2) is 0 Å². The van der Waals surface area contributed by atoms with Crippen molar-refractivity contribution >= 4 is 0 Å². The lowest BCUT2D eigenvalue weighted by Crippen LogP contribution is -2.26. The number of unbranched alkanes of at least 4 members (excludes halogenated alkanes) is 1. The number of nitrogens with one attached hydrogen (secondary N) is 1. The van der Waals surface area contributed by atoms with Crippen LogP contribution in [0.2, 0.25) is 0 Å². The van der Waals surface area contributed by atoms with Crippen LogP contribution in [0, 0.1) is 0 Å². The van der Waals surface area contributed by atoms with Gasteiger partial charge in [0, 0.05) is 19.3 Å². The minimum absolute atomic E-state index is 0.668. The fourth-order valence-electron chi connectivity index (χ4n) is 1.29. The zero-order valence-corrected chi connectivity index (χ0v) is 9.44. The van der Waals surface area contributed by atoms with Gasteiger partial charge in [-0.1, -0.05) is 6.92 Å². The monoisotopic (exact) mass is 187 g/mol. The first-order valence-corrected chi connectivity index (χ1v) is 5.62. The van der Waals surface area contributed by atoms with Crippen molar-refractivity contribution in [1.29, 1.82) is 0 Å². The van der Waals surface area contributed by atoms with Gasteiger partial charge in [-0.05, 0) is 46.1 Å². The van der Waals surface area contributed by atoms with Gasteiger partial charge in [-0.2, -0.15) is 0 Å². The molecule has 13 heavy (non-hydrogen) atoms. The normalized spacial score (nSPS) is 13.2. The SMILES string of the molecule is CCCNC(C)CCCCOCC. The summed E-state index contributed by atoms with van der Waals surface area (Å²) in [6, 6.07) is 0.668. The number of ether oxygens (including phenoxy) is 1. The van der Waals surface area contributed by atoms with Crippen LogP contribution in [-0.4, -0.2) is 25.8 Å². The van der Waals surface area contributed by atoms with Gasteiger partial charge in [0.2, 0.25) is 0 Å². The summed E-state index contributed by atoms with van der Waals surface area (Å²) in [7, 11) is 0. The second-order valence-electron chi connectivity index (χ2n) is 3.55. The summed E-state index contributed by atoms with van der Waals surface area (Å²) in [4.78, 5) is 0. The molecule has 0 saturated heterocycles. The molecule has 0 amide bonds. The van der Waals surface area contributed by atoms with Crippen LogP contribution in [0.25, 0.3) is 0 Å². The van der Waals surface area contributed by atoms with Crippen LogP contribution in [0.4, 0.5) is 0 Å². The van der Waals surface area contributed by atoms with Crippen molar-refractivity contribution in [1.82, 2.24) is 5.32 Å². The van der Waals surface area contributed by atoms with Crippen molar-refractivity contribution in [3.63, 3.8) is 0 Å². The molecule has 0 aliphatic rings. The van der Waals surface area contributed by atoms with Gasteiger partial charge >= 0.3 is 0 Å². The molecule has 0 radical (unpaired) electrons. The Morgan fingerprint density at radius 1 is 1.23 bits per heavy atom. The van der Waals surface area contributed by atoms with E-state index in [2.05, 4.69) is 19.2 Å². The van der Waals surface area contributed by atoms with Crippen LogP contribution in [0.3, 0.4) is 0 Å². The molecule has 0 bridgehead atoms.